The molecule has 0 aliphatic carbocycles. The second kappa shape index (κ2) is 10.1. The minimum absolute atomic E-state index is 0.187. The van der Waals surface area contributed by atoms with Crippen molar-refractivity contribution in [3.05, 3.63) is 101 Å². The van der Waals surface area contributed by atoms with E-state index in [4.69, 9.17) is 4.74 Å². The smallest absolute Gasteiger partial charge is 0.411 e. The first-order valence-electron chi connectivity index (χ1n) is 11.3. The van der Waals surface area contributed by atoms with E-state index < -0.39 is 6.09 Å². The van der Waals surface area contributed by atoms with Crippen molar-refractivity contribution in [2.45, 2.75) is 44.9 Å². The van der Waals surface area contributed by atoms with E-state index in [1.165, 1.54) is 30.9 Å². The Bertz CT molecular complexity index is 1040. The third kappa shape index (κ3) is 5.48. The van der Waals surface area contributed by atoms with Gasteiger partial charge in [0.25, 0.3) is 0 Å². The Morgan fingerprint density at radius 1 is 0.647 bits per heavy atom. The first kappa shape index (κ1) is 25.0. The number of amides is 1. The molecule has 0 saturated carbocycles. The second-order valence-electron chi connectivity index (χ2n) is 9.47. The van der Waals surface area contributed by atoms with Crippen LogP contribution in [0, 0.1) is 0 Å². The Kier molecular flexibility index (Phi) is 7.45. The number of esters is 1. The van der Waals surface area contributed by atoms with Gasteiger partial charge in [-0.2, -0.15) is 0 Å². The van der Waals surface area contributed by atoms with E-state index in [0.717, 1.165) is 11.1 Å². The van der Waals surface area contributed by atoms with Gasteiger partial charge >= 0.3 is 12.1 Å². The van der Waals surface area contributed by atoms with Gasteiger partial charge in [0.15, 0.2) is 0 Å². The molecule has 0 aliphatic rings. The molecule has 1 N–H and O–H groups in total. The lowest BCUT2D eigenvalue weighted by Crippen LogP contribution is -2.21. The van der Waals surface area contributed by atoms with Gasteiger partial charge in [-0.15, -0.1) is 0 Å². The predicted octanol–water partition coefficient (Wildman–Crippen LogP) is 6.23. The van der Waals surface area contributed by atoms with Crippen molar-refractivity contribution in [1.82, 2.24) is 0 Å². The van der Waals surface area contributed by atoms with Gasteiger partial charge in [-0.05, 0) is 39.9 Å². The van der Waals surface area contributed by atoms with E-state index in [1.54, 1.807) is 0 Å². The predicted molar refractivity (Wildman–Crippen MR) is 135 cm³/mol. The van der Waals surface area contributed by atoms with E-state index in [-0.39, 0.29) is 23.2 Å². The molecule has 0 aliphatic heterocycles. The lowest BCUT2D eigenvalue weighted by atomic mass is 9.74. The summed E-state index contributed by atoms with van der Waals surface area (Å²) in [4.78, 5) is 22.9. The number of hydrogen-bond donors (Lipinski definition) is 1. The minimum Gasteiger partial charge on any atom is -0.469 e. The molecule has 1 amide bonds. The maximum atomic E-state index is 11.5. The van der Waals surface area contributed by atoms with Crippen LogP contribution in [0.1, 0.15) is 55.5 Å². The fourth-order valence-corrected chi connectivity index (χ4v) is 4.05. The van der Waals surface area contributed by atoms with Gasteiger partial charge in [0.1, 0.15) is 0 Å². The molecule has 5 nitrogen and oxygen atoms in total. The Balaban J connectivity index is 1.79. The Labute approximate surface area is 202 Å². The van der Waals surface area contributed by atoms with Crippen LogP contribution in [0.15, 0.2) is 72.8 Å². The van der Waals surface area contributed by atoms with E-state index >= 15 is 0 Å². The monoisotopic (exact) mass is 459 g/mol. The number of hydrogen-bond acceptors (Lipinski definition) is 4. The summed E-state index contributed by atoms with van der Waals surface area (Å²) >= 11 is 0. The molecule has 3 rings (SSSR count). The lowest BCUT2D eigenvalue weighted by molar-refractivity contribution is -0.139. The second-order valence-corrected chi connectivity index (χ2v) is 9.47. The average molecular weight is 460 g/mol. The maximum absolute atomic E-state index is 11.5. The molecule has 0 saturated heterocycles. The van der Waals surface area contributed by atoms with Gasteiger partial charge in [0, 0.05) is 16.5 Å². The van der Waals surface area contributed by atoms with Gasteiger partial charge in [0.2, 0.25) is 0 Å². The highest BCUT2D eigenvalue weighted by Crippen LogP contribution is 2.36. The number of anilines is 1. The van der Waals surface area contributed by atoms with Crippen molar-refractivity contribution < 1.29 is 19.1 Å². The van der Waals surface area contributed by atoms with Crippen LogP contribution in [0.3, 0.4) is 0 Å². The molecule has 0 heterocycles. The SMILES string of the molecule is COC(=O)Cc1ccc(C(C)(C)c2ccc(C(C)(C)c3ccc(NC(=O)OC)cc3)cc2)cc1. The molecule has 0 unspecified atom stereocenters. The number of benzene rings is 3. The Hall–Kier alpha value is -3.60. The fraction of sp³-hybridized carbons (Fsp3) is 0.310. The number of nitrogens with one attached hydrogen (secondary N) is 1. The maximum Gasteiger partial charge on any atom is 0.411 e. The van der Waals surface area contributed by atoms with Crippen LogP contribution in [0.2, 0.25) is 0 Å². The molecule has 3 aromatic carbocycles. The van der Waals surface area contributed by atoms with Crippen molar-refractivity contribution in [2.75, 3.05) is 19.5 Å². The van der Waals surface area contributed by atoms with E-state index in [9.17, 15) is 9.59 Å². The minimum atomic E-state index is -0.483. The van der Waals surface area contributed by atoms with E-state index in [2.05, 4.69) is 74.1 Å². The molecule has 0 atom stereocenters. The normalized spacial score (nSPS) is 11.6. The lowest BCUT2D eigenvalue weighted by Gasteiger charge is -2.29. The highest BCUT2D eigenvalue weighted by Gasteiger charge is 2.26. The molecule has 5 heteroatoms. The summed E-state index contributed by atoms with van der Waals surface area (Å²) in [6.07, 6.45) is -0.205. The van der Waals surface area contributed by atoms with Gasteiger partial charge in [-0.3, -0.25) is 10.1 Å². The number of methoxy groups -OCH3 is 2. The summed E-state index contributed by atoms with van der Waals surface area (Å²) in [6, 6.07) is 24.7. The van der Waals surface area contributed by atoms with Crippen molar-refractivity contribution in [1.29, 1.82) is 0 Å². The number of carbonyl (C=O) groups is 2. The van der Waals surface area contributed by atoms with Crippen molar-refractivity contribution in [3.63, 3.8) is 0 Å². The zero-order valence-electron chi connectivity index (χ0n) is 20.8. The molecule has 0 fully saturated rings. The number of rotatable bonds is 7. The summed E-state index contributed by atoms with van der Waals surface area (Å²) in [5.41, 5.74) is 5.99. The molecule has 0 spiro atoms. The van der Waals surface area contributed by atoms with Crippen LogP contribution < -0.4 is 5.32 Å². The molecular formula is C29H33NO4. The fourth-order valence-electron chi connectivity index (χ4n) is 4.05. The van der Waals surface area contributed by atoms with Gasteiger partial charge in [0.05, 0.1) is 20.6 Å². The first-order valence-corrected chi connectivity index (χ1v) is 11.3. The summed E-state index contributed by atoms with van der Waals surface area (Å²) in [7, 11) is 2.75. The molecule has 178 valence electrons. The van der Waals surface area contributed by atoms with Crippen LogP contribution in [0.5, 0.6) is 0 Å². The third-order valence-corrected chi connectivity index (χ3v) is 6.62. The molecular weight excluding hydrogens is 426 g/mol. The highest BCUT2D eigenvalue weighted by atomic mass is 16.5. The van der Waals surface area contributed by atoms with Crippen LogP contribution in [-0.4, -0.2) is 26.3 Å². The largest absolute Gasteiger partial charge is 0.469 e. The Morgan fingerprint density at radius 2 is 1.03 bits per heavy atom. The standard InChI is InChI=1S/C29H33NO4/c1-28(2,21-9-7-20(8-10-21)19-26(31)33-5)22-11-13-23(14-12-22)29(3,4)24-15-17-25(18-16-24)30-27(32)34-6/h7-18H,19H2,1-6H3,(H,30,32). The van der Waals surface area contributed by atoms with Crippen molar-refractivity contribution in [3.8, 4) is 0 Å². The summed E-state index contributed by atoms with van der Waals surface area (Å²) in [6.45, 7) is 8.79. The van der Waals surface area contributed by atoms with Crippen LogP contribution in [0.25, 0.3) is 0 Å². The molecule has 3 aromatic rings. The van der Waals surface area contributed by atoms with Gasteiger partial charge in [-0.1, -0.05) is 88.4 Å². The number of carbonyl (C=O) groups excluding carboxylic acids is 2. The van der Waals surface area contributed by atoms with Gasteiger partial charge in [-0.25, -0.2) is 4.79 Å². The Morgan fingerprint density at radius 3 is 1.41 bits per heavy atom. The summed E-state index contributed by atoms with van der Waals surface area (Å²) in [5, 5.41) is 2.68. The van der Waals surface area contributed by atoms with Crippen LogP contribution in [-0.2, 0) is 31.5 Å². The highest BCUT2D eigenvalue weighted by molar-refractivity contribution is 5.84. The first-order chi connectivity index (χ1) is 16.1. The molecule has 34 heavy (non-hydrogen) atoms. The molecule has 0 radical (unpaired) electrons. The quantitative estimate of drug-likeness (QED) is 0.425. The van der Waals surface area contributed by atoms with Crippen molar-refractivity contribution >= 4 is 17.7 Å². The van der Waals surface area contributed by atoms with Crippen LogP contribution >= 0.6 is 0 Å². The topological polar surface area (TPSA) is 64.6 Å². The van der Waals surface area contributed by atoms with Crippen LogP contribution in [0.4, 0.5) is 10.5 Å². The molecule has 0 bridgehead atoms. The number of ether oxygens (including phenoxy) is 2. The van der Waals surface area contributed by atoms with Crippen molar-refractivity contribution in [2.24, 2.45) is 0 Å². The summed E-state index contributed by atoms with van der Waals surface area (Å²) < 4.78 is 9.41. The zero-order chi connectivity index (χ0) is 24.9. The molecule has 0 aromatic heterocycles. The van der Waals surface area contributed by atoms with E-state index in [0.29, 0.717) is 5.69 Å². The summed E-state index contributed by atoms with van der Waals surface area (Å²) in [5.74, 6) is -0.236. The average Bonchev–Trinajstić information content (AvgIpc) is 2.84. The zero-order valence-corrected chi connectivity index (χ0v) is 20.8. The third-order valence-electron chi connectivity index (χ3n) is 6.62. The van der Waals surface area contributed by atoms with Gasteiger partial charge < -0.3 is 9.47 Å². The van der Waals surface area contributed by atoms with E-state index in [1.807, 2.05) is 36.4 Å².